The molecule has 30 heteroatoms. The van der Waals surface area contributed by atoms with Gasteiger partial charge in [0.15, 0.2) is 61.8 Å². The molecule has 0 amide bonds. The predicted octanol–water partition coefficient (Wildman–Crippen LogP) is -4.61. The number of hydrogen-bond donors (Lipinski definition) is 5. The van der Waals surface area contributed by atoms with Crippen LogP contribution in [0.25, 0.3) is 0 Å². The molecular weight excluding hydrogens is 984 g/mol. The first-order chi connectivity index (χ1) is 33.7. The third-order valence-electron chi connectivity index (χ3n) is 10.7. The van der Waals surface area contributed by atoms with Crippen molar-refractivity contribution in [3.05, 3.63) is 0 Å². The second-order valence-corrected chi connectivity index (χ2v) is 16.5. The van der Waals surface area contributed by atoms with E-state index in [2.05, 4.69) is 0 Å². The van der Waals surface area contributed by atoms with Gasteiger partial charge in [-0.25, -0.2) is 0 Å². The summed E-state index contributed by atoms with van der Waals surface area (Å²) >= 11 is 0. The van der Waals surface area contributed by atoms with Crippen molar-refractivity contribution in [2.75, 3.05) is 26.4 Å². The highest BCUT2D eigenvalue weighted by Crippen LogP contribution is 2.36. The lowest BCUT2D eigenvalue weighted by molar-refractivity contribution is -0.391. The van der Waals surface area contributed by atoms with E-state index in [4.69, 9.17) is 75.8 Å². The normalized spacial score (nSPS) is 36.6. The van der Waals surface area contributed by atoms with Crippen LogP contribution in [-0.2, 0) is 119 Å². The highest BCUT2D eigenvalue weighted by Gasteiger charge is 2.58. The quantitative estimate of drug-likeness (QED) is 0.0600. The molecule has 20 atom stereocenters. The Morgan fingerprint density at radius 1 is 0.319 bits per heavy atom. The average molecular weight is 1040 g/mol. The van der Waals surface area contributed by atoms with Crippen molar-refractivity contribution in [1.29, 1.82) is 0 Å². The molecule has 0 spiro atoms. The van der Waals surface area contributed by atoms with Crippen molar-refractivity contribution < 1.29 is 144 Å². The van der Waals surface area contributed by atoms with Gasteiger partial charge < -0.3 is 101 Å². The lowest BCUT2D eigenvalue weighted by atomic mass is 9.95. The molecule has 0 bridgehead atoms. The molecule has 72 heavy (non-hydrogen) atoms. The molecular formula is C42H60O30. The summed E-state index contributed by atoms with van der Waals surface area (Å²) in [4.78, 5) is 109. The fourth-order valence-corrected chi connectivity index (χ4v) is 7.87. The summed E-state index contributed by atoms with van der Waals surface area (Å²) in [6.45, 7) is 5.88. The van der Waals surface area contributed by atoms with Crippen molar-refractivity contribution in [2.45, 2.75) is 185 Å². The van der Waals surface area contributed by atoms with Crippen molar-refractivity contribution in [1.82, 2.24) is 0 Å². The third-order valence-corrected chi connectivity index (χ3v) is 10.7. The first-order valence-electron chi connectivity index (χ1n) is 22.1. The van der Waals surface area contributed by atoms with Crippen molar-refractivity contribution >= 4 is 53.7 Å². The maximum absolute atomic E-state index is 12.4. The fourth-order valence-electron chi connectivity index (χ4n) is 7.87. The monoisotopic (exact) mass is 1040 g/mol. The Morgan fingerprint density at radius 3 is 0.931 bits per heavy atom. The Morgan fingerprint density at radius 2 is 0.611 bits per heavy atom. The summed E-state index contributed by atoms with van der Waals surface area (Å²) in [5.74, 6) is -8.38. The third kappa shape index (κ3) is 16.4. The van der Waals surface area contributed by atoms with E-state index in [9.17, 15) is 68.7 Å². The average Bonchev–Trinajstić information content (AvgIpc) is 3.26. The van der Waals surface area contributed by atoms with Gasteiger partial charge in [0, 0.05) is 62.3 Å². The Bertz CT molecular complexity index is 1930. The van der Waals surface area contributed by atoms with Gasteiger partial charge in [-0.3, -0.25) is 43.2 Å². The summed E-state index contributed by atoms with van der Waals surface area (Å²) in [6, 6.07) is 0. The van der Waals surface area contributed by atoms with E-state index in [-0.39, 0.29) is 0 Å². The molecule has 4 saturated heterocycles. The van der Waals surface area contributed by atoms with E-state index in [1.165, 1.54) is 0 Å². The topological polar surface area (TPSA) is 402 Å². The number of carbonyl (C=O) groups is 9. The summed E-state index contributed by atoms with van der Waals surface area (Å²) in [6.07, 6.45) is -38.1. The summed E-state index contributed by atoms with van der Waals surface area (Å²) in [7, 11) is 0. The van der Waals surface area contributed by atoms with Crippen molar-refractivity contribution in [3.63, 3.8) is 0 Å². The van der Waals surface area contributed by atoms with Gasteiger partial charge in [-0.1, -0.05) is 0 Å². The van der Waals surface area contributed by atoms with Gasteiger partial charge in [0.05, 0.1) is 6.61 Å². The van der Waals surface area contributed by atoms with E-state index in [0.29, 0.717) is 0 Å². The molecule has 4 aliphatic rings. The minimum Gasteiger partial charge on any atom is -0.463 e. The maximum Gasteiger partial charge on any atom is 0.303 e. The predicted molar refractivity (Wildman–Crippen MR) is 220 cm³/mol. The van der Waals surface area contributed by atoms with Gasteiger partial charge in [-0.05, 0) is 0 Å². The molecule has 4 aliphatic heterocycles. The number of aliphatic hydroxyl groups excluding tert-OH is 5. The molecule has 0 aromatic heterocycles. The number of carbonyl (C=O) groups excluding carboxylic acids is 9. The Balaban J connectivity index is 1.77. The molecule has 0 aliphatic carbocycles. The maximum atomic E-state index is 12.4. The zero-order valence-corrected chi connectivity index (χ0v) is 40.3. The van der Waals surface area contributed by atoms with Crippen molar-refractivity contribution in [2.24, 2.45) is 0 Å². The number of esters is 9. The highest BCUT2D eigenvalue weighted by atomic mass is 16.8. The Kier molecular flexibility index (Phi) is 21.9. The van der Waals surface area contributed by atoms with E-state index in [0.717, 1.165) is 62.3 Å². The fraction of sp³-hybridized carbons (Fsp3) is 0.786. The van der Waals surface area contributed by atoms with Crippen molar-refractivity contribution in [3.8, 4) is 0 Å². The van der Waals surface area contributed by atoms with Crippen LogP contribution >= 0.6 is 0 Å². The van der Waals surface area contributed by atoms with Gasteiger partial charge in [-0.2, -0.15) is 0 Å². The van der Waals surface area contributed by atoms with Crippen LogP contribution in [-0.4, -0.2) is 229 Å². The number of rotatable bonds is 19. The minimum atomic E-state index is -2.35. The second kappa shape index (κ2) is 26.6. The van der Waals surface area contributed by atoms with E-state index in [1.54, 1.807) is 0 Å². The van der Waals surface area contributed by atoms with Crippen LogP contribution in [0, 0.1) is 0 Å². The molecule has 30 nitrogen and oxygen atoms in total. The number of hydrogen-bond acceptors (Lipinski definition) is 30. The molecule has 0 aromatic carbocycles. The summed E-state index contributed by atoms with van der Waals surface area (Å²) < 4.78 is 88.0. The number of aliphatic hydroxyl groups is 5. The largest absolute Gasteiger partial charge is 0.463 e. The van der Waals surface area contributed by atoms with E-state index in [1.807, 2.05) is 0 Å². The van der Waals surface area contributed by atoms with Gasteiger partial charge in [0.2, 0.25) is 0 Å². The SMILES string of the molecule is CC(=O)OC[C@H]1O[C@@H](OC[C@H]2OC(O)[C@H](O[C@@H]3O[C@H](COC(C)=O)[C@@H](OC(C)=O)[C@H](OC(C)=O)[C@H]3O)[C@@H](O[C@@H]3O[C@H](COC(C)=O)[C@@H](OC(C)=O)[C@H](OC(C)=O)[C@H]3O)[C@H]2O)[C@H](O)[C@@H](OC(C)=O)[C@@H]1OC(C)=O. The zero-order chi connectivity index (χ0) is 53.9. The molecule has 4 heterocycles. The smallest absolute Gasteiger partial charge is 0.303 e. The lowest BCUT2D eigenvalue weighted by Gasteiger charge is -2.49. The van der Waals surface area contributed by atoms with Crippen LogP contribution in [0.3, 0.4) is 0 Å². The van der Waals surface area contributed by atoms with Gasteiger partial charge in [0.25, 0.3) is 0 Å². The van der Waals surface area contributed by atoms with Crippen LogP contribution in [0.2, 0.25) is 0 Å². The summed E-state index contributed by atoms with van der Waals surface area (Å²) in [5, 5.41) is 58.4. The molecule has 5 N–H and O–H groups in total. The highest BCUT2D eigenvalue weighted by molar-refractivity contribution is 5.69. The Labute approximate surface area is 409 Å². The van der Waals surface area contributed by atoms with E-state index < -0.39 is 203 Å². The first-order valence-corrected chi connectivity index (χ1v) is 22.1. The van der Waals surface area contributed by atoms with Crippen LogP contribution in [0.15, 0.2) is 0 Å². The minimum absolute atomic E-state index is 0.639. The molecule has 0 aromatic rings. The molecule has 4 rings (SSSR count). The zero-order valence-electron chi connectivity index (χ0n) is 40.3. The standard InChI is InChI=1S/C42H60O30/c1-14(43)57-11-24-31(61-17(4)46)35(64-20(7)49)28(53)40(68-24)60-10-23-27(52)34(71-41-29(54)36(65-21(8)50)32(62-18(5)47)25(69-41)12-58-15(2)44)38(39(56)67-23)72-42-30(55)37(66-22(9)51)33(63-19(6)48)26(70-42)13-59-16(3)45/h23-42,52-56H,10-13H2,1-9H3/t23-,24-,25-,26-,27+,28-,29-,30-,31-,32-,33-,34+,35-,36-,37-,38-,39?,40-,41+,42+/m1/s1. The second-order valence-electron chi connectivity index (χ2n) is 16.5. The van der Waals surface area contributed by atoms with Gasteiger partial charge >= 0.3 is 53.7 Å². The molecule has 0 saturated carbocycles. The van der Waals surface area contributed by atoms with Crippen LogP contribution in [0.5, 0.6) is 0 Å². The lowest BCUT2D eigenvalue weighted by Crippen LogP contribution is -2.68. The summed E-state index contributed by atoms with van der Waals surface area (Å²) in [5.41, 5.74) is 0. The molecule has 4 fully saturated rings. The van der Waals surface area contributed by atoms with Gasteiger partial charge in [-0.15, -0.1) is 0 Å². The molecule has 0 radical (unpaired) electrons. The van der Waals surface area contributed by atoms with E-state index >= 15 is 0 Å². The van der Waals surface area contributed by atoms with Crippen LogP contribution in [0.1, 0.15) is 62.3 Å². The molecule has 1 unspecified atom stereocenters. The van der Waals surface area contributed by atoms with Gasteiger partial charge in [0.1, 0.15) is 80.9 Å². The molecule has 408 valence electrons. The Hall–Kier alpha value is -5.25. The van der Waals surface area contributed by atoms with Crippen LogP contribution in [0.4, 0.5) is 0 Å². The first kappa shape index (κ1) is 59.3. The van der Waals surface area contributed by atoms with Crippen LogP contribution < -0.4 is 0 Å². The number of ether oxygens (including phenoxy) is 16.